The third kappa shape index (κ3) is 5.20. The van der Waals surface area contributed by atoms with E-state index in [2.05, 4.69) is 5.32 Å². The van der Waals surface area contributed by atoms with Gasteiger partial charge >= 0.3 is 6.18 Å². The fraction of sp³-hybridized carbons (Fsp3) is 0.444. The van der Waals surface area contributed by atoms with Crippen LogP contribution in [-0.4, -0.2) is 56.1 Å². The lowest BCUT2D eigenvalue weighted by atomic mass is 9.77. The molecule has 2 atom stereocenters. The highest BCUT2D eigenvalue weighted by Crippen LogP contribution is 2.43. The van der Waals surface area contributed by atoms with Gasteiger partial charge in [-0.2, -0.15) is 18.4 Å². The van der Waals surface area contributed by atoms with Gasteiger partial charge in [0.1, 0.15) is 0 Å². The number of para-hydroxylation sites is 1. The van der Waals surface area contributed by atoms with Crippen LogP contribution in [-0.2, 0) is 20.5 Å². The number of nitriles is 1. The second-order valence-electron chi connectivity index (χ2n) is 9.79. The number of aryl methyl sites for hydroxylation is 2. The minimum atomic E-state index is -4.69. The number of carbonyl (C=O) groups excluding carboxylic acids is 2. The summed E-state index contributed by atoms with van der Waals surface area (Å²) in [6, 6.07) is 10.2. The number of nitrogens with zero attached hydrogens (tertiary/aromatic N) is 3. The number of alkyl halides is 3. The number of ether oxygens (including phenoxy) is 1. The number of nitrogens with one attached hydrogen (secondary N) is 1. The zero-order chi connectivity index (χ0) is 27.0. The first-order valence-corrected chi connectivity index (χ1v) is 12.1. The van der Waals surface area contributed by atoms with Crippen molar-refractivity contribution in [1.82, 2.24) is 4.90 Å². The molecule has 4 rings (SSSR count). The first-order valence-electron chi connectivity index (χ1n) is 12.1. The maximum absolute atomic E-state index is 14.0. The van der Waals surface area contributed by atoms with E-state index in [0.717, 1.165) is 28.9 Å². The summed E-state index contributed by atoms with van der Waals surface area (Å²) in [5.41, 5.74) is -0.120. The highest BCUT2D eigenvalue weighted by Gasteiger charge is 2.56. The minimum Gasteiger partial charge on any atom is -0.379 e. The van der Waals surface area contributed by atoms with Gasteiger partial charge in [-0.05, 0) is 43.2 Å². The predicted molar refractivity (Wildman–Crippen MR) is 132 cm³/mol. The molecule has 1 N–H and O–H groups in total. The normalized spacial score (nSPS) is 22.7. The van der Waals surface area contributed by atoms with Gasteiger partial charge in [0.25, 0.3) is 0 Å². The topological polar surface area (TPSA) is 85.7 Å². The van der Waals surface area contributed by atoms with Crippen molar-refractivity contribution in [3.63, 3.8) is 0 Å². The van der Waals surface area contributed by atoms with Gasteiger partial charge in [-0.1, -0.05) is 25.1 Å². The van der Waals surface area contributed by atoms with E-state index in [1.807, 2.05) is 36.9 Å². The Balaban J connectivity index is 1.74. The Morgan fingerprint density at radius 2 is 1.84 bits per heavy atom. The van der Waals surface area contributed by atoms with E-state index in [9.17, 15) is 28.0 Å². The van der Waals surface area contributed by atoms with Gasteiger partial charge in [-0.15, -0.1) is 0 Å². The van der Waals surface area contributed by atoms with Crippen molar-refractivity contribution in [2.24, 2.45) is 11.3 Å². The summed E-state index contributed by atoms with van der Waals surface area (Å²) in [7, 11) is 0. The van der Waals surface area contributed by atoms with E-state index in [1.54, 1.807) is 17.9 Å². The number of hydrogen-bond acceptors (Lipinski definition) is 5. The Labute approximate surface area is 213 Å². The molecule has 0 aromatic heterocycles. The van der Waals surface area contributed by atoms with Crippen molar-refractivity contribution in [3.05, 3.63) is 58.7 Å². The van der Waals surface area contributed by atoms with Crippen LogP contribution in [0, 0.1) is 36.5 Å². The molecule has 2 aliphatic rings. The molecule has 0 bridgehead atoms. The average molecular weight is 515 g/mol. The molecule has 0 saturated carbocycles. The number of rotatable bonds is 5. The second kappa shape index (κ2) is 10.1. The highest BCUT2D eigenvalue weighted by molar-refractivity contribution is 6.08. The van der Waals surface area contributed by atoms with Crippen LogP contribution in [0.1, 0.15) is 29.2 Å². The van der Waals surface area contributed by atoms with Gasteiger partial charge in [-0.25, -0.2) is 0 Å². The summed E-state index contributed by atoms with van der Waals surface area (Å²) in [5.74, 6) is -1.52. The Morgan fingerprint density at radius 3 is 2.43 bits per heavy atom. The lowest BCUT2D eigenvalue weighted by Crippen LogP contribution is -2.53. The number of morpholine rings is 1. The smallest absolute Gasteiger partial charge is 0.379 e. The van der Waals surface area contributed by atoms with Gasteiger partial charge in [0.15, 0.2) is 0 Å². The molecule has 2 aromatic carbocycles. The maximum atomic E-state index is 14.0. The van der Waals surface area contributed by atoms with Gasteiger partial charge in [-0.3, -0.25) is 14.5 Å². The molecule has 0 aliphatic carbocycles. The van der Waals surface area contributed by atoms with Crippen molar-refractivity contribution in [2.75, 3.05) is 49.6 Å². The largest absolute Gasteiger partial charge is 0.416 e. The van der Waals surface area contributed by atoms with Crippen LogP contribution < -0.4 is 10.2 Å². The number of halogens is 3. The van der Waals surface area contributed by atoms with Gasteiger partial charge in [0.2, 0.25) is 11.8 Å². The summed E-state index contributed by atoms with van der Waals surface area (Å²) in [5, 5.41) is 11.9. The van der Waals surface area contributed by atoms with E-state index < -0.39 is 29.0 Å². The Morgan fingerprint density at radius 1 is 1.19 bits per heavy atom. The standard InChI is InChI=1S/C27H29F3N4O3/c1-17-5-4-6-18(2)23(17)34-16-26(19(3)24(34)35,15-33-7-9-37-10-8-33)25(36)32-22-12-20(14-31)11-21(13-22)27(28,29)30/h4-6,11-13,19H,7-10,15-16H2,1-3H3,(H,32,36). The molecular weight excluding hydrogens is 485 g/mol. The first kappa shape index (κ1) is 26.6. The first-order chi connectivity index (χ1) is 17.5. The van der Waals surface area contributed by atoms with Gasteiger partial charge < -0.3 is 15.0 Å². The van der Waals surface area contributed by atoms with Gasteiger partial charge in [0, 0.05) is 37.6 Å². The van der Waals surface area contributed by atoms with Crippen LogP contribution >= 0.6 is 0 Å². The molecule has 2 unspecified atom stereocenters. The van der Waals surface area contributed by atoms with Crippen molar-refractivity contribution < 1.29 is 27.5 Å². The molecular formula is C27H29F3N4O3. The van der Waals surface area contributed by atoms with Gasteiger partial charge in [0.05, 0.1) is 41.7 Å². The van der Waals surface area contributed by atoms with Crippen LogP contribution in [0.4, 0.5) is 24.5 Å². The molecule has 2 amide bonds. The molecule has 2 aliphatic heterocycles. The molecule has 10 heteroatoms. The fourth-order valence-corrected chi connectivity index (χ4v) is 5.26. The summed E-state index contributed by atoms with van der Waals surface area (Å²) in [4.78, 5) is 31.3. The van der Waals surface area contributed by atoms with E-state index in [0.29, 0.717) is 26.3 Å². The zero-order valence-electron chi connectivity index (χ0n) is 21.0. The van der Waals surface area contributed by atoms with Crippen molar-refractivity contribution in [2.45, 2.75) is 26.9 Å². The van der Waals surface area contributed by atoms with Crippen molar-refractivity contribution in [3.8, 4) is 6.07 Å². The molecule has 37 heavy (non-hydrogen) atoms. The number of amides is 2. The zero-order valence-corrected chi connectivity index (χ0v) is 21.0. The third-order valence-electron chi connectivity index (χ3n) is 7.32. The Hall–Kier alpha value is -3.42. The predicted octanol–water partition coefficient (Wildman–Crippen LogP) is 4.13. The summed E-state index contributed by atoms with van der Waals surface area (Å²) < 4.78 is 45.8. The van der Waals surface area contributed by atoms with Crippen LogP contribution in [0.5, 0.6) is 0 Å². The lowest BCUT2D eigenvalue weighted by Gasteiger charge is -2.37. The quantitative estimate of drug-likeness (QED) is 0.649. The minimum absolute atomic E-state index is 0.0753. The molecule has 2 fully saturated rings. The van der Waals surface area contributed by atoms with E-state index in [1.165, 1.54) is 6.07 Å². The molecule has 7 nitrogen and oxygen atoms in total. The maximum Gasteiger partial charge on any atom is 0.416 e. The number of hydrogen-bond donors (Lipinski definition) is 1. The number of benzene rings is 2. The Bertz CT molecular complexity index is 1230. The highest BCUT2D eigenvalue weighted by atomic mass is 19.4. The fourth-order valence-electron chi connectivity index (χ4n) is 5.26. The van der Waals surface area contributed by atoms with Crippen LogP contribution in [0.15, 0.2) is 36.4 Å². The molecule has 196 valence electrons. The van der Waals surface area contributed by atoms with E-state index in [4.69, 9.17) is 4.74 Å². The van der Waals surface area contributed by atoms with Crippen LogP contribution in [0.2, 0.25) is 0 Å². The summed E-state index contributed by atoms with van der Waals surface area (Å²) in [6.07, 6.45) is -4.69. The van der Waals surface area contributed by atoms with Crippen molar-refractivity contribution >= 4 is 23.2 Å². The third-order valence-corrected chi connectivity index (χ3v) is 7.32. The number of carbonyl (C=O) groups is 2. The van der Waals surface area contributed by atoms with E-state index in [-0.39, 0.29) is 30.2 Å². The SMILES string of the molecule is Cc1cccc(C)c1N1CC(CN2CCOCC2)(C(=O)Nc2cc(C#N)cc(C(F)(F)F)c2)C(C)C1=O. The molecule has 2 heterocycles. The molecule has 0 spiro atoms. The molecule has 0 radical (unpaired) electrons. The monoisotopic (exact) mass is 514 g/mol. The molecule has 2 aromatic rings. The average Bonchev–Trinajstić information content (AvgIpc) is 3.10. The second-order valence-corrected chi connectivity index (χ2v) is 9.79. The van der Waals surface area contributed by atoms with Crippen LogP contribution in [0.25, 0.3) is 0 Å². The van der Waals surface area contributed by atoms with Crippen molar-refractivity contribution in [1.29, 1.82) is 5.26 Å². The van der Waals surface area contributed by atoms with Crippen LogP contribution in [0.3, 0.4) is 0 Å². The summed E-state index contributed by atoms with van der Waals surface area (Å²) in [6.45, 7) is 7.92. The summed E-state index contributed by atoms with van der Waals surface area (Å²) >= 11 is 0. The molecule has 2 saturated heterocycles. The Kier molecular flexibility index (Phi) is 7.31. The van der Waals surface area contributed by atoms with E-state index >= 15 is 0 Å². The lowest BCUT2D eigenvalue weighted by molar-refractivity contribution is -0.137. The number of anilines is 2.